The quantitative estimate of drug-likeness (QED) is 0.713. The maximum Gasteiger partial charge on any atom is 0.00872 e. The van der Waals surface area contributed by atoms with Crippen LogP contribution >= 0.6 is 0 Å². The Morgan fingerprint density at radius 1 is 0.875 bits per heavy atom. The molecule has 0 aliphatic rings. The Morgan fingerprint density at radius 2 is 1.38 bits per heavy atom. The topological polar surface area (TPSA) is 15.8 Å². The monoisotopic (exact) mass is 217 g/mol. The first kappa shape index (κ1) is 12.8. The van der Waals surface area contributed by atoms with Crippen molar-refractivity contribution >= 4 is 10.8 Å². The van der Waals surface area contributed by atoms with E-state index in [2.05, 4.69) is 45.1 Å². The lowest BCUT2D eigenvalue weighted by atomic mass is 9.92. The fourth-order valence-electron chi connectivity index (χ4n) is 2.39. The molecule has 2 aromatic rings. The van der Waals surface area contributed by atoms with Crippen LogP contribution in [0.3, 0.4) is 0 Å². The highest BCUT2D eigenvalue weighted by Crippen LogP contribution is 2.29. The van der Waals surface area contributed by atoms with Crippen LogP contribution in [0.25, 0.3) is 10.8 Å². The van der Waals surface area contributed by atoms with Gasteiger partial charge in [0.15, 0.2) is 0 Å². The minimum atomic E-state index is 1.12. The second-order valence-corrected chi connectivity index (χ2v) is 3.99. The molecule has 0 fully saturated rings. The van der Waals surface area contributed by atoms with Crippen LogP contribution in [0.2, 0.25) is 0 Å². The summed E-state index contributed by atoms with van der Waals surface area (Å²) in [6, 6.07) is 0. The summed E-state index contributed by atoms with van der Waals surface area (Å²) >= 11 is 0. The van der Waals surface area contributed by atoms with Crippen molar-refractivity contribution in [2.45, 2.75) is 48.0 Å². The van der Waals surface area contributed by atoms with Crippen LogP contribution in [0.1, 0.15) is 43.0 Å². The van der Waals surface area contributed by atoms with Crippen molar-refractivity contribution in [1.29, 1.82) is 0 Å². The van der Waals surface area contributed by atoms with E-state index in [9.17, 15) is 0 Å². The van der Waals surface area contributed by atoms with Crippen LogP contribution in [-0.2, 0) is 6.42 Å². The molecule has 0 bridgehead atoms. The summed E-state index contributed by atoms with van der Waals surface area (Å²) in [7, 11) is 0. The molecule has 1 heterocycles. The number of aromatic nitrogens is 1. The summed E-state index contributed by atoms with van der Waals surface area (Å²) < 4.78 is 0. The highest BCUT2D eigenvalue weighted by molar-refractivity contribution is 5.90. The first-order valence-corrected chi connectivity index (χ1v) is 6.22. The van der Waals surface area contributed by atoms with Crippen molar-refractivity contribution in [2.75, 3.05) is 0 Å². The van der Waals surface area contributed by atoms with Crippen LogP contribution in [0.4, 0.5) is 0 Å². The first-order valence-electron chi connectivity index (χ1n) is 6.22. The van der Waals surface area contributed by atoms with Gasteiger partial charge in [0.1, 0.15) is 0 Å². The minimum Gasteiger partial charge on any atom is -0.366 e. The van der Waals surface area contributed by atoms with Crippen molar-refractivity contribution in [2.24, 2.45) is 0 Å². The summed E-state index contributed by atoms with van der Waals surface area (Å²) in [5, 5.41) is 2.75. The van der Waals surface area contributed by atoms with Gasteiger partial charge in [-0.1, -0.05) is 20.8 Å². The van der Waals surface area contributed by atoms with Gasteiger partial charge < -0.3 is 4.98 Å². The SMILES string of the molecule is CC.CCc1c(C)c(C)c2c[nH]cc2c1C. The third kappa shape index (κ3) is 1.87. The first-order chi connectivity index (χ1) is 7.66. The molecule has 0 aliphatic carbocycles. The summed E-state index contributed by atoms with van der Waals surface area (Å²) in [5.41, 5.74) is 5.82. The summed E-state index contributed by atoms with van der Waals surface area (Å²) in [4.78, 5) is 3.20. The Labute approximate surface area is 98.9 Å². The number of aryl methyl sites for hydroxylation is 2. The lowest BCUT2D eigenvalue weighted by Gasteiger charge is -2.12. The fourth-order valence-corrected chi connectivity index (χ4v) is 2.39. The van der Waals surface area contributed by atoms with Gasteiger partial charge in [-0.25, -0.2) is 0 Å². The Morgan fingerprint density at radius 3 is 1.88 bits per heavy atom. The molecule has 0 unspecified atom stereocenters. The Hall–Kier alpha value is -1.24. The standard InChI is InChI=1S/C13H17N.C2H6/c1-5-11-8(2)9(3)12-6-14-7-13(12)10(11)4;1-2/h6-7,14H,5H2,1-4H3;1-2H3. The summed E-state index contributed by atoms with van der Waals surface area (Å²) in [6.45, 7) is 12.9. The number of rotatable bonds is 1. The Kier molecular flexibility index (Phi) is 4.17. The van der Waals surface area contributed by atoms with E-state index in [1.54, 1.807) is 0 Å². The molecule has 2 rings (SSSR count). The van der Waals surface area contributed by atoms with Crippen LogP contribution in [0.15, 0.2) is 12.4 Å². The molecule has 1 aromatic heterocycles. The zero-order chi connectivity index (χ0) is 12.3. The van der Waals surface area contributed by atoms with Gasteiger partial charge >= 0.3 is 0 Å². The highest BCUT2D eigenvalue weighted by Gasteiger charge is 2.10. The van der Waals surface area contributed by atoms with E-state index in [0.717, 1.165) is 6.42 Å². The van der Waals surface area contributed by atoms with Crippen LogP contribution in [-0.4, -0.2) is 4.98 Å². The predicted molar refractivity (Wildman–Crippen MR) is 73.2 cm³/mol. The van der Waals surface area contributed by atoms with Gasteiger partial charge in [-0.3, -0.25) is 0 Å². The smallest absolute Gasteiger partial charge is 0.00872 e. The number of benzene rings is 1. The number of hydrogen-bond donors (Lipinski definition) is 1. The fraction of sp³-hybridized carbons (Fsp3) is 0.467. The van der Waals surface area contributed by atoms with Crippen molar-refractivity contribution in [1.82, 2.24) is 4.98 Å². The van der Waals surface area contributed by atoms with Gasteiger partial charge in [-0.05, 0) is 49.4 Å². The molecule has 0 atom stereocenters. The number of nitrogens with one attached hydrogen (secondary N) is 1. The molecular formula is C15H23N. The van der Waals surface area contributed by atoms with Gasteiger partial charge in [0.25, 0.3) is 0 Å². The number of aromatic amines is 1. The molecule has 88 valence electrons. The van der Waals surface area contributed by atoms with Gasteiger partial charge in [0.05, 0.1) is 0 Å². The van der Waals surface area contributed by atoms with E-state index >= 15 is 0 Å². The molecule has 0 amide bonds. The number of fused-ring (bicyclic) bond motifs is 1. The molecule has 1 nitrogen and oxygen atoms in total. The maximum absolute atomic E-state index is 3.20. The second kappa shape index (κ2) is 5.20. The third-order valence-electron chi connectivity index (χ3n) is 3.37. The second-order valence-electron chi connectivity index (χ2n) is 3.99. The number of H-pyrrole nitrogens is 1. The molecular weight excluding hydrogens is 194 g/mol. The maximum atomic E-state index is 3.20. The normalized spacial score (nSPS) is 10.1. The lowest BCUT2D eigenvalue weighted by Crippen LogP contribution is -1.95. The van der Waals surface area contributed by atoms with Gasteiger partial charge in [-0.2, -0.15) is 0 Å². The third-order valence-corrected chi connectivity index (χ3v) is 3.37. The predicted octanol–water partition coefficient (Wildman–Crippen LogP) is 4.68. The minimum absolute atomic E-state index is 1.12. The van der Waals surface area contributed by atoms with E-state index in [-0.39, 0.29) is 0 Å². The van der Waals surface area contributed by atoms with Crippen LogP contribution in [0.5, 0.6) is 0 Å². The van der Waals surface area contributed by atoms with Crippen LogP contribution < -0.4 is 0 Å². The Bertz CT molecular complexity index is 478. The van der Waals surface area contributed by atoms with Crippen molar-refractivity contribution < 1.29 is 0 Å². The molecule has 0 saturated heterocycles. The highest BCUT2D eigenvalue weighted by atomic mass is 14.6. The zero-order valence-corrected chi connectivity index (χ0v) is 11.4. The molecule has 1 N–H and O–H groups in total. The van der Waals surface area contributed by atoms with Crippen molar-refractivity contribution in [3.05, 3.63) is 34.6 Å². The summed E-state index contributed by atoms with van der Waals surface area (Å²) in [5.74, 6) is 0. The van der Waals surface area contributed by atoms with Crippen molar-refractivity contribution in [3.8, 4) is 0 Å². The molecule has 1 aromatic carbocycles. The largest absolute Gasteiger partial charge is 0.366 e. The molecule has 1 heteroatoms. The average molecular weight is 217 g/mol. The molecule has 0 radical (unpaired) electrons. The van der Waals surface area contributed by atoms with Gasteiger partial charge in [-0.15, -0.1) is 0 Å². The number of hydrogen-bond acceptors (Lipinski definition) is 0. The molecule has 16 heavy (non-hydrogen) atoms. The van der Waals surface area contributed by atoms with E-state index < -0.39 is 0 Å². The van der Waals surface area contributed by atoms with E-state index in [1.165, 1.54) is 33.0 Å². The molecule has 0 saturated carbocycles. The molecule has 0 aliphatic heterocycles. The summed E-state index contributed by atoms with van der Waals surface area (Å²) in [6.07, 6.45) is 5.33. The van der Waals surface area contributed by atoms with E-state index in [1.807, 2.05) is 13.8 Å². The zero-order valence-electron chi connectivity index (χ0n) is 11.4. The van der Waals surface area contributed by atoms with E-state index in [0.29, 0.717) is 0 Å². The molecule has 0 spiro atoms. The van der Waals surface area contributed by atoms with Crippen molar-refractivity contribution in [3.63, 3.8) is 0 Å². The van der Waals surface area contributed by atoms with Gasteiger partial charge in [0.2, 0.25) is 0 Å². The van der Waals surface area contributed by atoms with Gasteiger partial charge in [0, 0.05) is 23.2 Å². The lowest BCUT2D eigenvalue weighted by molar-refractivity contribution is 1.08. The van der Waals surface area contributed by atoms with E-state index in [4.69, 9.17) is 0 Å². The van der Waals surface area contributed by atoms with Crippen LogP contribution in [0, 0.1) is 20.8 Å². The average Bonchev–Trinajstić information content (AvgIpc) is 2.79. The Balaban J connectivity index is 0.000000606.